The van der Waals surface area contributed by atoms with Gasteiger partial charge in [-0.15, -0.1) is 0 Å². The molecule has 0 atom stereocenters. The molecule has 0 aliphatic carbocycles. The molecule has 0 saturated heterocycles. The molecule has 1 aromatic carbocycles. The van der Waals surface area contributed by atoms with E-state index in [-0.39, 0.29) is 5.02 Å². The first-order chi connectivity index (χ1) is 6.00. The Labute approximate surface area is 86.6 Å². The highest BCUT2D eigenvalue weighted by Gasteiger charge is 2.16. The minimum Gasteiger partial charge on any atom is -0.397 e. The highest BCUT2D eigenvalue weighted by molar-refractivity contribution is 6.37. The van der Waals surface area contributed by atoms with Gasteiger partial charge in [-0.2, -0.15) is 0 Å². The lowest BCUT2D eigenvalue weighted by Crippen LogP contribution is -2.01. The standard InChI is InChI=1S/C9H10Cl2FN/c1-3-5-8(12)6(10)4(2)7(11)9(5)13/h3,13H2,1-2H3. The van der Waals surface area contributed by atoms with Crippen molar-refractivity contribution in [3.8, 4) is 0 Å². The molecule has 13 heavy (non-hydrogen) atoms. The van der Waals surface area contributed by atoms with Gasteiger partial charge in [0.25, 0.3) is 0 Å². The van der Waals surface area contributed by atoms with Gasteiger partial charge in [-0.1, -0.05) is 30.1 Å². The Morgan fingerprint density at radius 1 is 1.31 bits per heavy atom. The Hall–Kier alpha value is -0.470. The summed E-state index contributed by atoms with van der Waals surface area (Å²) >= 11 is 11.6. The molecule has 0 heterocycles. The van der Waals surface area contributed by atoms with Crippen LogP contribution in [0.15, 0.2) is 0 Å². The number of hydrogen-bond acceptors (Lipinski definition) is 1. The molecular formula is C9H10Cl2FN. The summed E-state index contributed by atoms with van der Waals surface area (Å²) in [4.78, 5) is 0. The van der Waals surface area contributed by atoms with E-state index in [1.54, 1.807) is 13.8 Å². The van der Waals surface area contributed by atoms with E-state index in [9.17, 15) is 4.39 Å². The molecule has 1 nitrogen and oxygen atoms in total. The summed E-state index contributed by atoms with van der Waals surface area (Å²) in [5.74, 6) is -0.455. The van der Waals surface area contributed by atoms with Gasteiger partial charge in [-0.3, -0.25) is 0 Å². The van der Waals surface area contributed by atoms with Crippen molar-refractivity contribution in [1.29, 1.82) is 0 Å². The maximum atomic E-state index is 13.4. The number of nitrogens with two attached hydrogens (primary N) is 1. The molecule has 0 radical (unpaired) electrons. The molecule has 0 spiro atoms. The van der Waals surface area contributed by atoms with Crippen molar-refractivity contribution in [2.75, 3.05) is 5.73 Å². The predicted octanol–water partition coefficient (Wildman–Crippen LogP) is 3.59. The lowest BCUT2D eigenvalue weighted by Gasteiger charge is -2.11. The molecule has 72 valence electrons. The first kappa shape index (κ1) is 10.6. The Morgan fingerprint density at radius 3 is 2.31 bits per heavy atom. The Bertz CT molecular complexity index is 321. The Kier molecular flexibility index (Phi) is 3.04. The zero-order valence-electron chi connectivity index (χ0n) is 7.42. The van der Waals surface area contributed by atoms with Crippen LogP contribution in [0.2, 0.25) is 10.0 Å². The minimum atomic E-state index is -0.455. The van der Waals surface area contributed by atoms with Crippen LogP contribution in [-0.4, -0.2) is 0 Å². The minimum absolute atomic E-state index is 0.0658. The number of nitrogen functional groups attached to an aromatic ring is 1. The van der Waals surface area contributed by atoms with Gasteiger partial charge in [0.2, 0.25) is 0 Å². The van der Waals surface area contributed by atoms with Crippen molar-refractivity contribution < 1.29 is 4.39 Å². The van der Waals surface area contributed by atoms with Crippen LogP contribution in [0.25, 0.3) is 0 Å². The van der Waals surface area contributed by atoms with Crippen LogP contribution >= 0.6 is 23.2 Å². The molecule has 0 unspecified atom stereocenters. The zero-order valence-corrected chi connectivity index (χ0v) is 8.93. The van der Waals surface area contributed by atoms with Crippen LogP contribution < -0.4 is 5.73 Å². The van der Waals surface area contributed by atoms with E-state index in [0.29, 0.717) is 28.3 Å². The van der Waals surface area contributed by atoms with E-state index in [0.717, 1.165) is 0 Å². The molecule has 4 heteroatoms. The van der Waals surface area contributed by atoms with Gasteiger partial charge >= 0.3 is 0 Å². The molecule has 0 fully saturated rings. The normalized spacial score (nSPS) is 10.5. The van der Waals surface area contributed by atoms with Crippen molar-refractivity contribution in [1.82, 2.24) is 0 Å². The maximum absolute atomic E-state index is 13.4. The molecular weight excluding hydrogens is 212 g/mol. The van der Waals surface area contributed by atoms with Crippen LogP contribution in [0.1, 0.15) is 18.1 Å². The predicted molar refractivity (Wildman–Crippen MR) is 54.9 cm³/mol. The first-order valence-corrected chi connectivity index (χ1v) is 4.67. The van der Waals surface area contributed by atoms with Gasteiger partial charge in [0.1, 0.15) is 5.82 Å². The third-order valence-electron chi connectivity index (χ3n) is 2.03. The highest BCUT2D eigenvalue weighted by Crippen LogP contribution is 2.35. The fourth-order valence-corrected chi connectivity index (χ4v) is 1.66. The summed E-state index contributed by atoms with van der Waals surface area (Å²) in [5.41, 5.74) is 6.81. The monoisotopic (exact) mass is 221 g/mol. The smallest absolute Gasteiger partial charge is 0.147 e. The third kappa shape index (κ3) is 1.61. The second kappa shape index (κ2) is 3.72. The van der Waals surface area contributed by atoms with E-state index < -0.39 is 5.82 Å². The average molecular weight is 222 g/mol. The number of benzene rings is 1. The van der Waals surface area contributed by atoms with Gasteiger partial charge in [0.05, 0.1) is 15.7 Å². The second-order valence-corrected chi connectivity index (χ2v) is 3.57. The van der Waals surface area contributed by atoms with Crippen molar-refractivity contribution >= 4 is 28.9 Å². The molecule has 2 N–H and O–H groups in total. The summed E-state index contributed by atoms with van der Waals surface area (Å²) in [5, 5.41) is 0.416. The van der Waals surface area contributed by atoms with Gasteiger partial charge in [-0.05, 0) is 18.9 Å². The lowest BCUT2D eigenvalue weighted by atomic mass is 10.1. The average Bonchev–Trinajstić information content (AvgIpc) is 2.13. The van der Waals surface area contributed by atoms with Crippen LogP contribution in [0, 0.1) is 12.7 Å². The number of hydrogen-bond donors (Lipinski definition) is 1. The largest absolute Gasteiger partial charge is 0.397 e. The van der Waals surface area contributed by atoms with E-state index in [2.05, 4.69) is 0 Å². The number of halogens is 3. The molecule has 1 rings (SSSR count). The molecule has 1 aromatic rings. The molecule has 0 saturated carbocycles. The molecule has 0 amide bonds. The Morgan fingerprint density at radius 2 is 1.85 bits per heavy atom. The zero-order chi connectivity index (χ0) is 10.2. The van der Waals surface area contributed by atoms with Crippen molar-refractivity contribution in [2.24, 2.45) is 0 Å². The van der Waals surface area contributed by atoms with Crippen LogP contribution in [0.3, 0.4) is 0 Å². The lowest BCUT2D eigenvalue weighted by molar-refractivity contribution is 0.612. The molecule has 0 bridgehead atoms. The summed E-state index contributed by atoms with van der Waals surface area (Å²) in [6, 6.07) is 0. The summed E-state index contributed by atoms with van der Waals surface area (Å²) in [6.45, 7) is 3.44. The van der Waals surface area contributed by atoms with Gasteiger partial charge in [0.15, 0.2) is 0 Å². The number of anilines is 1. The van der Waals surface area contributed by atoms with E-state index in [4.69, 9.17) is 28.9 Å². The molecule has 0 aromatic heterocycles. The SMILES string of the molecule is CCc1c(N)c(Cl)c(C)c(Cl)c1F. The Balaban J connectivity index is 3.56. The van der Waals surface area contributed by atoms with Crippen LogP contribution in [0.5, 0.6) is 0 Å². The van der Waals surface area contributed by atoms with E-state index >= 15 is 0 Å². The maximum Gasteiger partial charge on any atom is 0.147 e. The van der Waals surface area contributed by atoms with E-state index in [1.807, 2.05) is 0 Å². The summed E-state index contributed by atoms with van der Waals surface area (Å²) in [6.07, 6.45) is 0.484. The molecule has 0 aliphatic heterocycles. The molecule has 0 aliphatic rings. The van der Waals surface area contributed by atoms with Gasteiger partial charge in [0, 0.05) is 5.56 Å². The fraction of sp³-hybridized carbons (Fsp3) is 0.333. The third-order valence-corrected chi connectivity index (χ3v) is 2.97. The second-order valence-electron chi connectivity index (χ2n) is 2.81. The first-order valence-electron chi connectivity index (χ1n) is 3.92. The summed E-state index contributed by atoms with van der Waals surface area (Å²) in [7, 11) is 0. The quantitative estimate of drug-likeness (QED) is 0.570. The van der Waals surface area contributed by atoms with Crippen molar-refractivity contribution in [2.45, 2.75) is 20.3 Å². The highest BCUT2D eigenvalue weighted by atomic mass is 35.5. The summed E-state index contributed by atoms with van der Waals surface area (Å²) < 4.78 is 13.4. The van der Waals surface area contributed by atoms with E-state index in [1.165, 1.54) is 0 Å². The van der Waals surface area contributed by atoms with Crippen LogP contribution in [-0.2, 0) is 6.42 Å². The van der Waals surface area contributed by atoms with Crippen LogP contribution in [0.4, 0.5) is 10.1 Å². The van der Waals surface area contributed by atoms with Crippen molar-refractivity contribution in [3.63, 3.8) is 0 Å². The van der Waals surface area contributed by atoms with Gasteiger partial charge < -0.3 is 5.73 Å². The van der Waals surface area contributed by atoms with Gasteiger partial charge in [-0.25, -0.2) is 4.39 Å². The van der Waals surface area contributed by atoms with Crippen molar-refractivity contribution in [3.05, 3.63) is 27.0 Å². The fourth-order valence-electron chi connectivity index (χ4n) is 1.19. The topological polar surface area (TPSA) is 26.0 Å². The number of rotatable bonds is 1.